The lowest BCUT2D eigenvalue weighted by molar-refractivity contribution is 0.0817. The van der Waals surface area contributed by atoms with E-state index in [9.17, 15) is 4.79 Å². The van der Waals surface area contributed by atoms with Crippen molar-refractivity contribution in [1.29, 1.82) is 0 Å². The number of allylic oxidation sites excluding steroid dienone is 1. The fourth-order valence-corrected chi connectivity index (χ4v) is 3.33. The lowest BCUT2D eigenvalue weighted by Crippen LogP contribution is -2.32. The van der Waals surface area contributed by atoms with Crippen molar-refractivity contribution in [2.24, 2.45) is 4.99 Å². The quantitative estimate of drug-likeness (QED) is 0.820. The first kappa shape index (κ1) is 17.1. The first-order valence-electron chi connectivity index (χ1n) is 8.76. The van der Waals surface area contributed by atoms with E-state index in [-0.39, 0.29) is 11.9 Å². The summed E-state index contributed by atoms with van der Waals surface area (Å²) in [5.74, 6) is 0.993. The lowest BCUT2D eigenvalue weighted by atomic mass is 10.1. The van der Waals surface area contributed by atoms with Crippen molar-refractivity contribution < 1.29 is 14.3 Å². The minimum atomic E-state index is -0.0865. The number of rotatable bonds is 4. The van der Waals surface area contributed by atoms with E-state index in [1.54, 1.807) is 31.3 Å². The van der Waals surface area contributed by atoms with Gasteiger partial charge in [-0.15, -0.1) is 0 Å². The van der Waals surface area contributed by atoms with Crippen LogP contribution >= 0.6 is 0 Å². The molecule has 0 radical (unpaired) electrons. The molecule has 0 bridgehead atoms. The monoisotopic (exact) mass is 360 g/mol. The molecular formula is C22H20N2O3. The average molecular weight is 360 g/mol. The Hall–Kier alpha value is -3.34. The molecule has 0 aromatic heterocycles. The summed E-state index contributed by atoms with van der Waals surface area (Å²) in [7, 11) is 3.12. The molecular weight excluding hydrogens is 340 g/mol. The van der Waals surface area contributed by atoms with Crippen LogP contribution in [0, 0.1) is 0 Å². The molecule has 1 amide bonds. The molecule has 2 heterocycles. The zero-order valence-electron chi connectivity index (χ0n) is 15.3. The maximum atomic E-state index is 13.1. The highest BCUT2D eigenvalue weighted by Crippen LogP contribution is 2.38. The van der Waals surface area contributed by atoms with Crippen molar-refractivity contribution in [1.82, 2.24) is 4.90 Å². The largest absolute Gasteiger partial charge is 0.493 e. The van der Waals surface area contributed by atoms with Gasteiger partial charge in [-0.2, -0.15) is 0 Å². The Labute approximate surface area is 158 Å². The molecule has 0 spiro atoms. The summed E-state index contributed by atoms with van der Waals surface area (Å²) < 4.78 is 10.7. The molecule has 0 N–H and O–H groups in total. The molecule has 5 nitrogen and oxygen atoms in total. The fraction of sp³-hybridized carbons (Fsp3) is 0.182. The zero-order chi connectivity index (χ0) is 18.8. The highest BCUT2D eigenvalue weighted by Gasteiger charge is 2.32. The first-order chi connectivity index (χ1) is 13.2. The molecule has 4 rings (SSSR count). The summed E-state index contributed by atoms with van der Waals surface area (Å²) in [4.78, 5) is 19.4. The minimum absolute atomic E-state index is 0.0858. The van der Waals surface area contributed by atoms with Crippen LogP contribution in [0.15, 0.2) is 65.3 Å². The molecule has 27 heavy (non-hydrogen) atoms. The molecule has 0 saturated carbocycles. The number of nitrogens with zero attached hydrogens (tertiary/aromatic N) is 2. The molecule has 0 fully saturated rings. The Morgan fingerprint density at radius 1 is 1.07 bits per heavy atom. The molecule has 2 aliphatic heterocycles. The second-order valence-electron chi connectivity index (χ2n) is 6.43. The number of aliphatic imine (C=N–C) groups is 1. The molecule has 0 unspecified atom stereocenters. The third kappa shape index (κ3) is 3.24. The topological polar surface area (TPSA) is 51.1 Å². The average Bonchev–Trinajstić information content (AvgIpc) is 3.08. The van der Waals surface area contributed by atoms with Crippen LogP contribution in [0.1, 0.15) is 22.3 Å². The van der Waals surface area contributed by atoms with Crippen molar-refractivity contribution in [3.8, 4) is 11.5 Å². The van der Waals surface area contributed by atoms with E-state index in [1.165, 1.54) is 0 Å². The van der Waals surface area contributed by atoms with Gasteiger partial charge in [0.05, 0.1) is 31.5 Å². The van der Waals surface area contributed by atoms with Gasteiger partial charge >= 0.3 is 0 Å². The number of carbonyl (C=O) groups is 1. The van der Waals surface area contributed by atoms with E-state index < -0.39 is 0 Å². The minimum Gasteiger partial charge on any atom is -0.493 e. The van der Waals surface area contributed by atoms with Gasteiger partial charge < -0.3 is 14.4 Å². The summed E-state index contributed by atoms with van der Waals surface area (Å²) in [5.41, 5.74) is 3.33. The van der Waals surface area contributed by atoms with Crippen LogP contribution in [0.3, 0.4) is 0 Å². The number of carbonyl (C=O) groups excluding carboxylic acids is 1. The van der Waals surface area contributed by atoms with Gasteiger partial charge in [0.15, 0.2) is 11.5 Å². The number of ether oxygens (including phenoxy) is 2. The molecule has 2 aliphatic rings. The third-order valence-electron chi connectivity index (χ3n) is 4.75. The summed E-state index contributed by atoms with van der Waals surface area (Å²) in [6.07, 6.45) is 8.59. The van der Waals surface area contributed by atoms with Gasteiger partial charge in [-0.05, 0) is 23.6 Å². The maximum absolute atomic E-state index is 13.1. The zero-order valence-corrected chi connectivity index (χ0v) is 15.3. The first-order valence-corrected chi connectivity index (χ1v) is 8.76. The van der Waals surface area contributed by atoms with Gasteiger partial charge in [0.25, 0.3) is 5.91 Å². The predicted octanol–water partition coefficient (Wildman–Crippen LogP) is 4.23. The van der Waals surface area contributed by atoms with E-state index in [0.717, 1.165) is 17.6 Å². The van der Waals surface area contributed by atoms with Crippen molar-refractivity contribution in [2.75, 3.05) is 14.2 Å². The van der Waals surface area contributed by atoms with Crippen LogP contribution in [0.25, 0.3) is 6.08 Å². The summed E-state index contributed by atoms with van der Waals surface area (Å²) in [5, 5.41) is 0. The Morgan fingerprint density at radius 3 is 2.56 bits per heavy atom. The Balaban J connectivity index is 1.64. The number of benzene rings is 2. The van der Waals surface area contributed by atoms with E-state index in [0.29, 0.717) is 22.7 Å². The van der Waals surface area contributed by atoms with Gasteiger partial charge in [-0.1, -0.05) is 42.5 Å². The third-order valence-corrected chi connectivity index (χ3v) is 4.75. The van der Waals surface area contributed by atoms with Crippen molar-refractivity contribution in [2.45, 2.75) is 12.5 Å². The molecule has 2 aromatic rings. The number of amides is 1. The Kier molecular flexibility index (Phi) is 4.50. The second kappa shape index (κ2) is 7.11. The van der Waals surface area contributed by atoms with Crippen LogP contribution in [0.5, 0.6) is 11.5 Å². The highest BCUT2D eigenvalue weighted by molar-refractivity contribution is 6.04. The fourth-order valence-electron chi connectivity index (χ4n) is 3.33. The highest BCUT2D eigenvalue weighted by atomic mass is 16.5. The molecule has 136 valence electrons. The molecule has 0 aliphatic carbocycles. The maximum Gasteiger partial charge on any atom is 0.260 e. The van der Waals surface area contributed by atoms with Gasteiger partial charge in [0.2, 0.25) is 0 Å². The molecule has 0 saturated heterocycles. The SMILES string of the molecule is COc1cc2c(cc1OC)C(=O)N1C=C(/C=C/c3ccccc3)C[C@H]1C=N2. The number of methoxy groups -OCH3 is 2. The standard InChI is InChI=1S/C22H20N2O3/c1-26-20-11-18-19(12-21(20)27-2)23-13-17-10-16(14-24(17)22(18)25)9-8-15-6-4-3-5-7-15/h3-9,11-14,17H,10H2,1-2H3/b9-8+/t17-/m0/s1. The van der Waals surface area contributed by atoms with E-state index in [1.807, 2.05) is 42.7 Å². The summed E-state index contributed by atoms with van der Waals surface area (Å²) >= 11 is 0. The van der Waals surface area contributed by atoms with Crippen molar-refractivity contribution in [3.05, 3.63) is 71.4 Å². The van der Waals surface area contributed by atoms with Crippen molar-refractivity contribution in [3.63, 3.8) is 0 Å². The van der Waals surface area contributed by atoms with Crippen LogP contribution in [0.4, 0.5) is 5.69 Å². The van der Waals surface area contributed by atoms with E-state index in [4.69, 9.17) is 9.47 Å². The van der Waals surface area contributed by atoms with Crippen LogP contribution < -0.4 is 9.47 Å². The normalized spacial score (nSPS) is 18.1. The number of hydrogen-bond acceptors (Lipinski definition) is 4. The van der Waals surface area contributed by atoms with E-state index >= 15 is 0 Å². The molecule has 1 atom stereocenters. The summed E-state index contributed by atoms with van der Waals surface area (Å²) in [6, 6.07) is 13.4. The van der Waals surface area contributed by atoms with Crippen LogP contribution in [-0.2, 0) is 0 Å². The van der Waals surface area contributed by atoms with Gasteiger partial charge in [0.1, 0.15) is 0 Å². The summed E-state index contributed by atoms with van der Waals surface area (Å²) in [6.45, 7) is 0. The smallest absolute Gasteiger partial charge is 0.260 e. The molecule has 5 heteroatoms. The van der Waals surface area contributed by atoms with Crippen LogP contribution in [0.2, 0.25) is 0 Å². The van der Waals surface area contributed by atoms with Gasteiger partial charge in [-0.3, -0.25) is 9.79 Å². The van der Waals surface area contributed by atoms with Crippen LogP contribution in [-0.4, -0.2) is 37.3 Å². The second-order valence-corrected chi connectivity index (χ2v) is 6.43. The Morgan fingerprint density at radius 2 is 1.81 bits per heavy atom. The Bertz CT molecular complexity index is 961. The number of fused-ring (bicyclic) bond motifs is 2. The molecule has 2 aromatic carbocycles. The lowest BCUT2D eigenvalue weighted by Gasteiger charge is -2.18. The predicted molar refractivity (Wildman–Crippen MR) is 106 cm³/mol. The van der Waals surface area contributed by atoms with Gasteiger partial charge in [0, 0.05) is 18.5 Å². The number of hydrogen-bond donors (Lipinski definition) is 0. The van der Waals surface area contributed by atoms with E-state index in [2.05, 4.69) is 17.1 Å². The van der Waals surface area contributed by atoms with Crippen molar-refractivity contribution >= 4 is 23.9 Å². The van der Waals surface area contributed by atoms with Gasteiger partial charge in [-0.25, -0.2) is 0 Å².